The average molecular weight is 287 g/mol. The molecule has 2 nitrogen and oxygen atoms in total. The molecule has 5 heteroatoms. The Morgan fingerprint density at radius 1 is 1.55 bits per heavy atom. The zero-order valence-electron chi connectivity index (χ0n) is 6.98. The number of halogens is 1. The van der Waals surface area contributed by atoms with Gasteiger partial charge >= 0.3 is 4.42 Å². The Bertz CT molecular complexity index is 87.0. The highest BCUT2D eigenvalue weighted by atomic mass is 127. The molecule has 0 aliphatic carbocycles. The van der Waals surface area contributed by atoms with Gasteiger partial charge in [-0.15, -0.1) is 31.5 Å². The fourth-order valence-corrected chi connectivity index (χ4v) is 1.19. The Hall–Kier alpha value is 1.14. The van der Waals surface area contributed by atoms with Crippen molar-refractivity contribution in [3.63, 3.8) is 0 Å². The molecule has 0 saturated carbocycles. The Morgan fingerprint density at radius 2 is 2.27 bits per heavy atom. The molecular formula is C6H16BINOP. The standard InChI is InChI=1S/C6H16BINOP/c1-2-10-6-4-3-5-9-7(8)11/h9H,2-6,11H2,1H3. The lowest BCUT2D eigenvalue weighted by Crippen LogP contribution is -2.23. The molecule has 0 aromatic rings. The fraction of sp³-hybridized carbons (Fsp3) is 1.00. The van der Waals surface area contributed by atoms with Gasteiger partial charge in [-0.2, -0.15) is 0 Å². The van der Waals surface area contributed by atoms with Gasteiger partial charge in [-0.3, -0.25) is 0 Å². The second kappa shape index (κ2) is 9.23. The van der Waals surface area contributed by atoms with Crippen LogP contribution in [0.15, 0.2) is 0 Å². The van der Waals surface area contributed by atoms with Crippen LogP contribution in [0.3, 0.4) is 0 Å². The molecule has 0 aromatic carbocycles. The van der Waals surface area contributed by atoms with E-state index in [1.54, 1.807) is 0 Å². The Kier molecular flexibility index (Phi) is 10.2. The summed E-state index contributed by atoms with van der Waals surface area (Å²) < 4.78 is 5.71. The average Bonchev–Trinajstić information content (AvgIpc) is 1.96. The molecule has 11 heavy (non-hydrogen) atoms. The predicted octanol–water partition coefficient (Wildman–Crippen LogP) is 1.69. The van der Waals surface area contributed by atoms with E-state index in [-0.39, 0.29) is 0 Å². The molecule has 0 aliphatic rings. The molecule has 0 rings (SSSR count). The molecule has 0 bridgehead atoms. The van der Waals surface area contributed by atoms with Crippen molar-refractivity contribution in [3.8, 4) is 0 Å². The number of hydrogen-bond donors (Lipinski definition) is 1. The van der Waals surface area contributed by atoms with Crippen LogP contribution in [0.1, 0.15) is 19.8 Å². The SMILES string of the molecule is CCOCCCCNB(P)I. The third-order valence-corrected chi connectivity index (χ3v) is 1.94. The zero-order chi connectivity index (χ0) is 8.53. The summed E-state index contributed by atoms with van der Waals surface area (Å²) in [6, 6.07) is 0. The van der Waals surface area contributed by atoms with Gasteiger partial charge in [0.15, 0.2) is 0 Å². The van der Waals surface area contributed by atoms with E-state index < -0.39 is 0 Å². The van der Waals surface area contributed by atoms with Gasteiger partial charge in [0.2, 0.25) is 0 Å². The molecule has 0 aromatic heterocycles. The fourth-order valence-electron chi connectivity index (χ4n) is 0.713. The summed E-state index contributed by atoms with van der Waals surface area (Å²) in [7, 11) is 2.71. The summed E-state index contributed by atoms with van der Waals surface area (Å²) >= 11 is 2.33. The lowest BCUT2D eigenvalue weighted by molar-refractivity contribution is 0.144. The highest BCUT2D eigenvalue weighted by Crippen LogP contribution is 1.98. The number of unbranched alkanes of at least 4 members (excludes halogenated alkanes) is 1. The van der Waals surface area contributed by atoms with Gasteiger partial charge in [0, 0.05) is 13.2 Å². The summed E-state index contributed by atoms with van der Waals surface area (Å²) in [5.74, 6) is 0. The van der Waals surface area contributed by atoms with Crippen LogP contribution in [0.4, 0.5) is 0 Å². The van der Waals surface area contributed by atoms with Crippen LogP contribution >= 0.6 is 31.5 Å². The third kappa shape index (κ3) is 11.1. The van der Waals surface area contributed by atoms with Crippen molar-refractivity contribution in [1.29, 1.82) is 0 Å². The van der Waals surface area contributed by atoms with E-state index in [0.717, 1.165) is 26.2 Å². The molecule has 0 amide bonds. The molecule has 0 fully saturated rings. The van der Waals surface area contributed by atoms with Crippen molar-refractivity contribution in [2.45, 2.75) is 19.8 Å². The lowest BCUT2D eigenvalue weighted by atomic mass is 10.3. The van der Waals surface area contributed by atoms with Gasteiger partial charge in [-0.1, -0.05) is 0 Å². The van der Waals surface area contributed by atoms with Crippen LogP contribution in [0.5, 0.6) is 0 Å². The Balaban J connectivity index is 2.80. The minimum atomic E-state index is 0.500. The van der Waals surface area contributed by atoms with Crippen molar-refractivity contribution in [1.82, 2.24) is 5.23 Å². The molecule has 0 spiro atoms. The van der Waals surface area contributed by atoms with Crippen molar-refractivity contribution in [2.24, 2.45) is 0 Å². The maximum absolute atomic E-state index is 5.21. The number of nitrogens with one attached hydrogen (secondary N) is 1. The minimum absolute atomic E-state index is 0.500. The molecule has 1 unspecified atom stereocenters. The van der Waals surface area contributed by atoms with Crippen molar-refractivity contribution in [3.05, 3.63) is 0 Å². The van der Waals surface area contributed by atoms with Crippen LogP contribution in [-0.4, -0.2) is 24.2 Å². The number of ether oxygens (including phenoxy) is 1. The molecule has 0 aliphatic heterocycles. The quantitative estimate of drug-likeness (QED) is 0.333. The largest absolute Gasteiger partial charge is 0.382 e. The monoisotopic (exact) mass is 287 g/mol. The first kappa shape index (κ1) is 12.1. The summed E-state index contributed by atoms with van der Waals surface area (Å²) in [6.07, 6.45) is 2.36. The van der Waals surface area contributed by atoms with Gasteiger partial charge < -0.3 is 9.96 Å². The highest BCUT2D eigenvalue weighted by molar-refractivity contribution is 14.1. The smallest absolute Gasteiger partial charge is 0.316 e. The van der Waals surface area contributed by atoms with E-state index in [2.05, 4.69) is 36.7 Å². The minimum Gasteiger partial charge on any atom is -0.382 e. The first-order valence-corrected chi connectivity index (χ1v) is 5.89. The van der Waals surface area contributed by atoms with Crippen molar-refractivity contribution < 1.29 is 4.74 Å². The van der Waals surface area contributed by atoms with Gasteiger partial charge in [-0.25, -0.2) is 0 Å². The van der Waals surface area contributed by atoms with Gasteiger partial charge in [-0.05, 0) is 26.3 Å². The topological polar surface area (TPSA) is 21.3 Å². The molecule has 0 radical (unpaired) electrons. The summed E-state index contributed by atoms with van der Waals surface area (Å²) in [5.41, 5.74) is 0. The maximum Gasteiger partial charge on any atom is 0.316 e. The summed E-state index contributed by atoms with van der Waals surface area (Å²) in [4.78, 5) is 0. The Morgan fingerprint density at radius 3 is 2.82 bits per heavy atom. The Labute approximate surface area is 85.4 Å². The second-order valence-electron chi connectivity index (χ2n) is 2.26. The zero-order valence-corrected chi connectivity index (χ0v) is 10.3. The third-order valence-electron chi connectivity index (χ3n) is 1.26. The van der Waals surface area contributed by atoms with Crippen LogP contribution in [0.25, 0.3) is 0 Å². The van der Waals surface area contributed by atoms with E-state index in [4.69, 9.17) is 4.74 Å². The van der Waals surface area contributed by atoms with Crippen LogP contribution in [0, 0.1) is 0 Å². The first-order chi connectivity index (χ1) is 5.27. The van der Waals surface area contributed by atoms with E-state index >= 15 is 0 Å². The molecule has 1 atom stereocenters. The molecule has 66 valence electrons. The van der Waals surface area contributed by atoms with E-state index in [1.807, 2.05) is 6.92 Å². The van der Waals surface area contributed by atoms with Crippen LogP contribution in [0.2, 0.25) is 0 Å². The maximum atomic E-state index is 5.21. The van der Waals surface area contributed by atoms with E-state index in [1.165, 1.54) is 6.42 Å². The number of hydrogen-bond acceptors (Lipinski definition) is 2. The predicted molar refractivity (Wildman–Crippen MR) is 63.2 cm³/mol. The number of rotatable bonds is 7. The van der Waals surface area contributed by atoms with Gasteiger partial charge in [0.1, 0.15) is 0 Å². The second-order valence-corrected chi connectivity index (χ2v) is 5.63. The first-order valence-electron chi connectivity index (χ1n) is 3.98. The van der Waals surface area contributed by atoms with E-state index in [9.17, 15) is 0 Å². The van der Waals surface area contributed by atoms with Gasteiger partial charge in [0.05, 0.1) is 0 Å². The normalized spacial score (nSPS) is 10.1. The lowest BCUT2D eigenvalue weighted by Gasteiger charge is -2.03. The van der Waals surface area contributed by atoms with Crippen molar-refractivity contribution in [2.75, 3.05) is 19.8 Å². The van der Waals surface area contributed by atoms with Crippen LogP contribution in [-0.2, 0) is 4.74 Å². The summed E-state index contributed by atoms with van der Waals surface area (Å²) in [6.45, 7) is 4.86. The molecule has 0 saturated heterocycles. The summed E-state index contributed by atoms with van der Waals surface area (Å²) in [5, 5.41) is 3.32. The van der Waals surface area contributed by atoms with E-state index in [0.29, 0.717) is 4.42 Å². The molecular weight excluding hydrogens is 271 g/mol. The van der Waals surface area contributed by atoms with Crippen LogP contribution < -0.4 is 5.23 Å². The van der Waals surface area contributed by atoms with Gasteiger partial charge in [0.25, 0.3) is 0 Å². The highest BCUT2D eigenvalue weighted by Gasteiger charge is 1.97. The molecule has 1 N–H and O–H groups in total. The van der Waals surface area contributed by atoms with Crippen molar-refractivity contribution >= 4 is 35.9 Å². The molecule has 0 heterocycles.